The predicted octanol–water partition coefficient (Wildman–Crippen LogP) is 1.06. The third-order valence-electron chi connectivity index (χ3n) is 3.85. The summed E-state index contributed by atoms with van der Waals surface area (Å²) in [6.07, 6.45) is 3.16. The zero-order chi connectivity index (χ0) is 12.7. The maximum Gasteiger partial charge on any atom is 0.305 e. The number of hydrogen-bond acceptors (Lipinski definition) is 3. The maximum absolute atomic E-state index is 12.1. The molecule has 1 saturated carbocycles. The van der Waals surface area contributed by atoms with Gasteiger partial charge in [0.2, 0.25) is 10.0 Å². The SMILES string of the molecule is CC1CN(C2(CC(=O)O)CCCC2)S(=O)(=O)C1. The summed E-state index contributed by atoms with van der Waals surface area (Å²) >= 11 is 0. The molecule has 0 spiro atoms. The van der Waals surface area contributed by atoms with Gasteiger partial charge >= 0.3 is 5.97 Å². The van der Waals surface area contributed by atoms with E-state index >= 15 is 0 Å². The average Bonchev–Trinajstić information content (AvgIpc) is 2.70. The minimum absolute atomic E-state index is 0.0566. The molecule has 2 rings (SSSR count). The molecule has 2 aliphatic rings. The van der Waals surface area contributed by atoms with Crippen LogP contribution in [0, 0.1) is 5.92 Å². The fourth-order valence-electron chi connectivity index (χ4n) is 3.22. The second kappa shape index (κ2) is 4.24. The van der Waals surface area contributed by atoms with Gasteiger partial charge in [-0.15, -0.1) is 0 Å². The molecule has 1 aliphatic heterocycles. The van der Waals surface area contributed by atoms with Gasteiger partial charge in [-0.05, 0) is 18.8 Å². The van der Waals surface area contributed by atoms with Crippen molar-refractivity contribution < 1.29 is 18.3 Å². The molecular weight excluding hydrogens is 242 g/mol. The first kappa shape index (κ1) is 12.8. The van der Waals surface area contributed by atoms with Gasteiger partial charge < -0.3 is 5.11 Å². The van der Waals surface area contributed by atoms with Crippen molar-refractivity contribution in [2.75, 3.05) is 12.3 Å². The van der Waals surface area contributed by atoms with Crippen LogP contribution in [0.3, 0.4) is 0 Å². The van der Waals surface area contributed by atoms with Crippen molar-refractivity contribution in [2.45, 2.75) is 44.6 Å². The zero-order valence-electron chi connectivity index (χ0n) is 10.1. The average molecular weight is 261 g/mol. The first-order chi connectivity index (χ1) is 7.86. The Hall–Kier alpha value is -0.620. The Balaban J connectivity index is 2.31. The lowest BCUT2D eigenvalue weighted by atomic mass is 9.92. The highest BCUT2D eigenvalue weighted by atomic mass is 32.2. The minimum atomic E-state index is -3.25. The molecule has 0 aromatic carbocycles. The zero-order valence-corrected chi connectivity index (χ0v) is 10.9. The lowest BCUT2D eigenvalue weighted by molar-refractivity contribution is -0.139. The van der Waals surface area contributed by atoms with Gasteiger partial charge in [-0.2, -0.15) is 4.31 Å². The van der Waals surface area contributed by atoms with E-state index in [1.165, 1.54) is 4.31 Å². The molecule has 98 valence electrons. The number of hydrogen-bond donors (Lipinski definition) is 1. The van der Waals surface area contributed by atoms with Crippen molar-refractivity contribution >= 4 is 16.0 Å². The number of carboxylic acid groups (broad SMARTS) is 1. The number of carbonyl (C=O) groups is 1. The van der Waals surface area contributed by atoms with Gasteiger partial charge in [0.1, 0.15) is 0 Å². The second-order valence-corrected chi connectivity index (χ2v) is 7.35. The lowest BCUT2D eigenvalue weighted by Gasteiger charge is -2.36. The fraction of sp³-hybridized carbons (Fsp3) is 0.909. The van der Waals surface area contributed by atoms with Crippen LogP contribution < -0.4 is 0 Å². The molecule has 0 aromatic heterocycles. The van der Waals surface area contributed by atoms with Crippen molar-refractivity contribution in [1.29, 1.82) is 0 Å². The van der Waals surface area contributed by atoms with Crippen LogP contribution in [-0.2, 0) is 14.8 Å². The standard InChI is InChI=1S/C11H19NO4S/c1-9-7-12(17(15,16)8-9)11(6-10(13)14)4-2-3-5-11/h9H,2-8H2,1H3,(H,13,14). The molecule has 1 unspecified atom stereocenters. The molecule has 2 fully saturated rings. The number of sulfonamides is 1. The lowest BCUT2D eigenvalue weighted by Crippen LogP contribution is -2.49. The largest absolute Gasteiger partial charge is 0.481 e. The summed E-state index contributed by atoms with van der Waals surface area (Å²) in [5.41, 5.74) is -0.643. The Morgan fingerprint density at radius 3 is 2.41 bits per heavy atom. The summed E-state index contributed by atoms with van der Waals surface area (Å²) < 4.78 is 25.6. The van der Waals surface area contributed by atoms with Crippen LogP contribution in [0.5, 0.6) is 0 Å². The minimum Gasteiger partial charge on any atom is -0.481 e. The van der Waals surface area contributed by atoms with Gasteiger partial charge in [0.25, 0.3) is 0 Å². The molecule has 1 heterocycles. The Bertz CT molecular complexity index is 411. The number of aliphatic carboxylic acids is 1. The Morgan fingerprint density at radius 1 is 1.41 bits per heavy atom. The van der Waals surface area contributed by atoms with E-state index in [2.05, 4.69) is 0 Å². The van der Waals surface area contributed by atoms with Gasteiger partial charge in [-0.25, -0.2) is 8.42 Å². The van der Waals surface area contributed by atoms with Crippen LogP contribution in [0.25, 0.3) is 0 Å². The summed E-state index contributed by atoms with van der Waals surface area (Å²) in [6.45, 7) is 2.39. The smallest absolute Gasteiger partial charge is 0.305 e. The molecular formula is C11H19NO4S. The predicted molar refractivity (Wildman–Crippen MR) is 63.1 cm³/mol. The molecule has 6 heteroatoms. The Labute approximate surface area is 102 Å². The van der Waals surface area contributed by atoms with Crippen LogP contribution in [0.2, 0.25) is 0 Å². The third-order valence-corrected chi connectivity index (χ3v) is 6.05. The molecule has 0 bridgehead atoms. The van der Waals surface area contributed by atoms with E-state index < -0.39 is 21.5 Å². The fourth-order valence-corrected chi connectivity index (χ4v) is 5.54. The number of nitrogens with zero attached hydrogens (tertiary/aromatic N) is 1. The molecule has 1 aliphatic carbocycles. The van der Waals surface area contributed by atoms with Crippen molar-refractivity contribution in [3.63, 3.8) is 0 Å². The maximum atomic E-state index is 12.1. The van der Waals surface area contributed by atoms with Gasteiger partial charge in [0.05, 0.1) is 12.2 Å². The van der Waals surface area contributed by atoms with E-state index in [1.807, 2.05) is 6.92 Å². The summed E-state index contributed by atoms with van der Waals surface area (Å²) in [4.78, 5) is 11.0. The van der Waals surface area contributed by atoms with Crippen LogP contribution in [-0.4, -0.2) is 41.6 Å². The first-order valence-corrected chi connectivity index (χ1v) is 7.69. The van der Waals surface area contributed by atoms with Gasteiger partial charge in [0, 0.05) is 12.1 Å². The molecule has 1 atom stereocenters. The molecule has 1 N–H and O–H groups in total. The van der Waals surface area contributed by atoms with Crippen LogP contribution in [0.1, 0.15) is 39.0 Å². The summed E-state index contributed by atoms with van der Waals surface area (Å²) in [7, 11) is -3.25. The number of carboxylic acids is 1. The molecule has 1 saturated heterocycles. The molecule has 0 amide bonds. The highest BCUT2D eigenvalue weighted by Gasteiger charge is 2.50. The second-order valence-electron chi connectivity index (χ2n) is 5.42. The van der Waals surface area contributed by atoms with Crippen LogP contribution >= 0.6 is 0 Å². The van der Waals surface area contributed by atoms with Crippen LogP contribution in [0.15, 0.2) is 0 Å². The third kappa shape index (κ3) is 2.33. The van der Waals surface area contributed by atoms with E-state index in [0.717, 1.165) is 12.8 Å². The van der Waals surface area contributed by atoms with Crippen LogP contribution in [0.4, 0.5) is 0 Å². The topological polar surface area (TPSA) is 74.7 Å². The van der Waals surface area contributed by atoms with E-state index in [1.54, 1.807) is 0 Å². The van der Waals surface area contributed by atoms with E-state index in [9.17, 15) is 13.2 Å². The summed E-state index contributed by atoms with van der Waals surface area (Å²) in [6, 6.07) is 0. The van der Waals surface area contributed by atoms with Gasteiger partial charge in [-0.1, -0.05) is 19.8 Å². The van der Waals surface area contributed by atoms with Crippen molar-refractivity contribution in [3.8, 4) is 0 Å². The van der Waals surface area contributed by atoms with E-state index in [0.29, 0.717) is 19.4 Å². The van der Waals surface area contributed by atoms with E-state index in [4.69, 9.17) is 5.11 Å². The summed E-state index contributed by atoms with van der Waals surface area (Å²) in [5.74, 6) is -0.637. The molecule has 0 radical (unpaired) electrons. The quantitative estimate of drug-likeness (QED) is 0.824. The van der Waals surface area contributed by atoms with Crippen molar-refractivity contribution in [2.24, 2.45) is 5.92 Å². The Morgan fingerprint density at radius 2 is 2.00 bits per heavy atom. The number of rotatable bonds is 3. The molecule has 5 nitrogen and oxygen atoms in total. The highest BCUT2D eigenvalue weighted by molar-refractivity contribution is 7.89. The van der Waals surface area contributed by atoms with Gasteiger partial charge in [0.15, 0.2) is 0 Å². The normalized spacial score (nSPS) is 31.7. The molecule has 0 aromatic rings. The van der Waals surface area contributed by atoms with Crippen molar-refractivity contribution in [3.05, 3.63) is 0 Å². The highest BCUT2D eigenvalue weighted by Crippen LogP contribution is 2.42. The van der Waals surface area contributed by atoms with E-state index in [-0.39, 0.29) is 18.1 Å². The van der Waals surface area contributed by atoms with Gasteiger partial charge in [-0.3, -0.25) is 4.79 Å². The molecule has 17 heavy (non-hydrogen) atoms. The Kier molecular flexibility index (Phi) is 3.20. The first-order valence-electron chi connectivity index (χ1n) is 6.08. The summed E-state index contributed by atoms with van der Waals surface area (Å²) in [5, 5.41) is 9.01. The monoisotopic (exact) mass is 261 g/mol. The van der Waals surface area contributed by atoms with Crippen molar-refractivity contribution in [1.82, 2.24) is 4.31 Å².